The summed E-state index contributed by atoms with van der Waals surface area (Å²) in [7, 11) is 0. The van der Waals surface area contributed by atoms with Crippen molar-refractivity contribution in [1.82, 2.24) is 5.32 Å². The molecule has 0 radical (unpaired) electrons. The number of hydrogen-bond donors (Lipinski definition) is 1. The van der Waals surface area contributed by atoms with Gasteiger partial charge in [0.15, 0.2) is 0 Å². The first-order valence-corrected chi connectivity index (χ1v) is 5.99. The Morgan fingerprint density at radius 3 is 2.47 bits per heavy atom. The third-order valence-electron chi connectivity index (χ3n) is 2.98. The van der Waals surface area contributed by atoms with Crippen LogP contribution in [-0.2, 0) is 6.54 Å². The molecule has 0 heterocycles. The van der Waals surface area contributed by atoms with E-state index in [2.05, 4.69) is 5.32 Å². The molecule has 1 unspecified atom stereocenters. The molecule has 0 aliphatic carbocycles. The summed E-state index contributed by atoms with van der Waals surface area (Å²) in [5.74, 6) is -1.28. The minimum atomic E-state index is -0.490. The number of halogens is 3. The maximum atomic E-state index is 13.5. The first kappa shape index (κ1) is 13.6. The normalized spacial score (nSPS) is 12.4. The highest BCUT2D eigenvalue weighted by Gasteiger charge is 2.12. The number of nitrogens with one attached hydrogen (secondary N) is 1. The van der Waals surface area contributed by atoms with E-state index >= 15 is 0 Å². The Kier molecular flexibility index (Phi) is 4.22. The largest absolute Gasteiger partial charge is 0.306 e. The van der Waals surface area contributed by atoms with Gasteiger partial charge in [-0.25, -0.2) is 13.2 Å². The topological polar surface area (TPSA) is 12.0 Å². The fraction of sp³-hybridized carbons (Fsp3) is 0.200. The van der Waals surface area contributed by atoms with Crippen LogP contribution in [-0.4, -0.2) is 0 Å². The first-order chi connectivity index (χ1) is 9.08. The molecule has 1 atom stereocenters. The number of benzene rings is 2. The maximum Gasteiger partial charge on any atom is 0.128 e. The van der Waals surface area contributed by atoms with Gasteiger partial charge in [-0.3, -0.25) is 0 Å². The number of hydrogen-bond acceptors (Lipinski definition) is 1. The average Bonchev–Trinajstić information content (AvgIpc) is 2.40. The van der Waals surface area contributed by atoms with Crippen molar-refractivity contribution in [3.05, 3.63) is 71.0 Å². The lowest BCUT2D eigenvalue weighted by atomic mass is 10.1. The molecule has 0 saturated carbocycles. The second kappa shape index (κ2) is 5.89. The molecule has 0 fully saturated rings. The van der Waals surface area contributed by atoms with Gasteiger partial charge < -0.3 is 5.32 Å². The molecule has 1 nitrogen and oxygen atoms in total. The fourth-order valence-electron chi connectivity index (χ4n) is 1.86. The van der Waals surface area contributed by atoms with Gasteiger partial charge in [0.05, 0.1) is 0 Å². The van der Waals surface area contributed by atoms with E-state index < -0.39 is 17.7 Å². The summed E-state index contributed by atoms with van der Waals surface area (Å²) < 4.78 is 40.0. The second-order valence-electron chi connectivity index (χ2n) is 4.36. The Labute approximate surface area is 110 Å². The van der Waals surface area contributed by atoms with Crippen molar-refractivity contribution >= 4 is 0 Å². The van der Waals surface area contributed by atoms with Crippen LogP contribution >= 0.6 is 0 Å². The van der Waals surface area contributed by atoms with E-state index in [4.69, 9.17) is 0 Å². The van der Waals surface area contributed by atoms with Crippen LogP contribution in [0.5, 0.6) is 0 Å². The van der Waals surface area contributed by atoms with Crippen LogP contribution in [0.2, 0.25) is 0 Å². The molecule has 19 heavy (non-hydrogen) atoms. The lowest BCUT2D eigenvalue weighted by Gasteiger charge is -2.15. The molecule has 0 aromatic heterocycles. The van der Waals surface area contributed by atoms with Crippen LogP contribution < -0.4 is 5.32 Å². The third kappa shape index (κ3) is 3.35. The highest BCUT2D eigenvalue weighted by molar-refractivity contribution is 5.22. The number of rotatable bonds is 4. The molecule has 0 spiro atoms. The quantitative estimate of drug-likeness (QED) is 0.882. The van der Waals surface area contributed by atoms with E-state index in [0.717, 1.165) is 18.2 Å². The Morgan fingerprint density at radius 1 is 1.00 bits per heavy atom. The Hall–Kier alpha value is -1.81. The summed E-state index contributed by atoms with van der Waals surface area (Å²) >= 11 is 0. The van der Waals surface area contributed by atoms with Gasteiger partial charge >= 0.3 is 0 Å². The standard InChI is InChI=1S/C15H14F3N/c1-10(13-8-12(16)6-7-15(13)18)19-9-11-4-2-3-5-14(11)17/h2-8,10,19H,9H2,1H3. The molecule has 0 aliphatic rings. The van der Waals surface area contributed by atoms with Crippen molar-refractivity contribution in [3.8, 4) is 0 Å². The van der Waals surface area contributed by atoms with Crippen molar-refractivity contribution < 1.29 is 13.2 Å². The van der Waals surface area contributed by atoms with Gasteiger partial charge in [-0.05, 0) is 31.2 Å². The SMILES string of the molecule is CC(NCc1ccccc1F)c1cc(F)ccc1F. The van der Waals surface area contributed by atoms with Crippen molar-refractivity contribution in [2.24, 2.45) is 0 Å². The minimum Gasteiger partial charge on any atom is -0.306 e. The van der Waals surface area contributed by atoms with E-state index in [1.165, 1.54) is 6.07 Å². The molecule has 2 aromatic rings. The molecule has 2 rings (SSSR count). The molecule has 0 bridgehead atoms. The van der Waals surface area contributed by atoms with Crippen molar-refractivity contribution in [2.45, 2.75) is 19.5 Å². The maximum absolute atomic E-state index is 13.5. The average molecular weight is 265 g/mol. The van der Waals surface area contributed by atoms with Gasteiger partial charge in [0.1, 0.15) is 17.5 Å². The molecular formula is C15H14F3N. The first-order valence-electron chi connectivity index (χ1n) is 5.99. The van der Waals surface area contributed by atoms with Crippen molar-refractivity contribution in [2.75, 3.05) is 0 Å². The van der Waals surface area contributed by atoms with E-state index in [9.17, 15) is 13.2 Å². The van der Waals surface area contributed by atoms with Crippen LogP contribution in [0.15, 0.2) is 42.5 Å². The molecule has 100 valence electrons. The summed E-state index contributed by atoms with van der Waals surface area (Å²) in [6, 6.07) is 9.25. The Morgan fingerprint density at radius 2 is 1.74 bits per heavy atom. The Bertz CT molecular complexity index is 569. The van der Waals surface area contributed by atoms with Gasteiger partial charge in [0.25, 0.3) is 0 Å². The van der Waals surface area contributed by atoms with Crippen LogP contribution in [0.1, 0.15) is 24.1 Å². The molecule has 4 heteroatoms. The van der Waals surface area contributed by atoms with E-state index in [-0.39, 0.29) is 17.9 Å². The summed E-state index contributed by atoms with van der Waals surface area (Å²) in [6.07, 6.45) is 0. The van der Waals surface area contributed by atoms with Gasteiger partial charge in [0.2, 0.25) is 0 Å². The lowest BCUT2D eigenvalue weighted by Crippen LogP contribution is -2.20. The van der Waals surface area contributed by atoms with Gasteiger partial charge in [-0.15, -0.1) is 0 Å². The summed E-state index contributed by atoms with van der Waals surface area (Å²) in [4.78, 5) is 0. The molecule has 0 saturated heterocycles. The molecule has 0 aliphatic heterocycles. The molecule has 2 aromatic carbocycles. The van der Waals surface area contributed by atoms with Crippen LogP contribution in [0.25, 0.3) is 0 Å². The van der Waals surface area contributed by atoms with E-state index in [1.54, 1.807) is 25.1 Å². The van der Waals surface area contributed by atoms with Gasteiger partial charge in [-0.1, -0.05) is 18.2 Å². The predicted molar refractivity (Wildman–Crippen MR) is 68.0 cm³/mol. The van der Waals surface area contributed by atoms with E-state index in [0.29, 0.717) is 5.56 Å². The molecule has 0 amide bonds. The fourth-order valence-corrected chi connectivity index (χ4v) is 1.86. The lowest BCUT2D eigenvalue weighted by molar-refractivity contribution is 0.508. The zero-order valence-electron chi connectivity index (χ0n) is 10.5. The molecule has 1 N–H and O–H groups in total. The third-order valence-corrected chi connectivity index (χ3v) is 2.98. The van der Waals surface area contributed by atoms with Crippen LogP contribution in [0, 0.1) is 17.5 Å². The van der Waals surface area contributed by atoms with Crippen LogP contribution in [0.4, 0.5) is 13.2 Å². The predicted octanol–water partition coefficient (Wildman–Crippen LogP) is 3.95. The monoisotopic (exact) mass is 265 g/mol. The second-order valence-corrected chi connectivity index (χ2v) is 4.36. The zero-order chi connectivity index (χ0) is 13.8. The highest BCUT2D eigenvalue weighted by atomic mass is 19.1. The smallest absolute Gasteiger partial charge is 0.128 e. The molecular weight excluding hydrogens is 251 g/mol. The summed E-state index contributed by atoms with van der Waals surface area (Å²) in [6.45, 7) is 1.96. The van der Waals surface area contributed by atoms with Gasteiger partial charge in [0, 0.05) is 23.7 Å². The van der Waals surface area contributed by atoms with Crippen molar-refractivity contribution in [1.29, 1.82) is 0 Å². The summed E-state index contributed by atoms with van der Waals surface area (Å²) in [5.41, 5.74) is 0.725. The van der Waals surface area contributed by atoms with Crippen molar-refractivity contribution in [3.63, 3.8) is 0 Å². The highest BCUT2D eigenvalue weighted by Crippen LogP contribution is 2.18. The zero-order valence-corrected chi connectivity index (χ0v) is 10.5. The van der Waals surface area contributed by atoms with Crippen LogP contribution in [0.3, 0.4) is 0 Å². The Balaban J connectivity index is 2.07. The van der Waals surface area contributed by atoms with Gasteiger partial charge in [-0.2, -0.15) is 0 Å². The summed E-state index contributed by atoms with van der Waals surface area (Å²) in [5, 5.41) is 2.98. The minimum absolute atomic E-state index is 0.233. The van der Waals surface area contributed by atoms with E-state index in [1.807, 2.05) is 0 Å².